The van der Waals surface area contributed by atoms with Crippen LogP contribution in [0.4, 0.5) is 5.69 Å². The molecule has 0 aromatic heterocycles. The lowest BCUT2D eigenvalue weighted by atomic mass is 10.1. The highest BCUT2D eigenvalue weighted by molar-refractivity contribution is 7.92. The minimum atomic E-state index is -4.26. The van der Waals surface area contributed by atoms with Crippen molar-refractivity contribution in [3.63, 3.8) is 0 Å². The second kappa shape index (κ2) is 13.5. The van der Waals surface area contributed by atoms with E-state index in [1.54, 1.807) is 12.1 Å². The molecular weight excluding hydrogens is 542 g/mol. The molecule has 0 radical (unpaired) electrons. The Hall–Kier alpha value is -4.05. The van der Waals surface area contributed by atoms with Crippen molar-refractivity contribution in [1.82, 2.24) is 10.2 Å². The number of rotatable bonds is 12. The van der Waals surface area contributed by atoms with Gasteiger partial charge in [-0.3, -0.25) is 13.9 Å². The summed E-state index contributed by atoms with van der Waals surface area (Å²) in [6.45, 7) is 7.11. The molecule has 2 amide bonds. The van der Waals surface area contributed by atoms with E-state index in [2.05, 4.69) is 5.32 Å². The summed E-state index contributed by atoms with van der Waals surface area (Å²) in [6.07, 6.45) is 0.350. The third kappa shape index (κ3) is 7.18. The number of sulfonamides is 1. The van der Waals surface area contributed by atoms with Gasteiger partial charge >= 0.3 is 0 Å². The van der Waals surface area contributed by atoms with E-state index in [1.807, 2.05) is 58.0 Å². The standard InChI is InChI=1S/C31H39N3O6S/c1-8-27(31(36)32-5)33(19-24-12-10-9-11-23(24)4)30(35)20-34(25-16-21(2)15-22(3)17-25)41(37,38)26-13-14-28(39-6)29(18-26)40-7/h9-18,27H,8,19-20H2,1-7H3,(H,32,36)/t27-/m1/s1. The van der Waals surface area contributed by atoms with Gasteiger partial charge in [0.25, 0.3) is 10.0 Å². The van der Waals surface area contributed by atoms with Gasteiger partial charge in [0.05, 0.1) is 24.8 Å². The fourth-order valence-corrected chi connectivity index (χ4v) is 6.20. The molecule has 9 nitrogen and oxygen atoms in total. The van der Waals surface area contributed by atoms with Crippen LogP contribution in [-0.2, 0) is 26.2 Å². The fourth-order valence-electron chi connectivity index (χ4n) is 4.78. The van der Waals surface area contributed by atoms with E-state index in [0.717, 1.165) is 26.6 Å². The minimum Gasteiger partial charge on any atom is -0.493 e. The van der Waals surface area contributed by atoms with Crippen molar-refractivity contribution in [2.24, 2.45) is 0 Å². The predicted octanol–water partition coefficient (Wildman–Crippen LogP) is 4.38. The van der Waals surface area contributed by atoms with Crippen LogP contribution in [0.3, 0.4) is 0 Å². The molecule has 0 bridgehead atoms. The Morgan fingerprint density at radius 2 is 1.54 bits per heavy atom. The number of nitrogens with zero attached hydrogens (tertiary/aromatic N) is 2. The molecule has 0 saturated heterocycles. The molecule has 3 aromatic carbocycles. The quantitative estimate of drug-likeness (QED) is 0.341. The number of anilines is 1. The monoisotopic (exact) mass is 581 g/mol. The summed E-state index contributed by atoms with van der Waals surface area (Å²) in [4.78, 5) is 28.4. The first kappa shape index (κ1) is 31.5. The zero-order chi connectivity index (χ0) is 30.3. The van der Waals surface area contributed by atoms with Gasteiger partial charge in [0, 0.05) is 19.7 Å². The van der Waals surface area contributed by atoms with Crippen LogP contribution in [0.1, 0.15) is 35.6 Å². The van der Waals surface area contributed by atoms with Crippen LogP contribution in [0.5, 0.6) is 11.5 Å². The highest BCUT2D eigenvalue weighted by atomic mass is 32.2. The van der Waals surface area contributed by atoms with Gasteiger partial charge in [0.2, 0.25) is 11.8 Å². The maximum absolute atomic E-state index is 14.2. The fraction of sp³-hybridized carbons (Fsp3) is 0.355. The average molecular weight is 582 g/mol. The van der Waals surface area contributed by atoms with E-state index in [9.17, 15) is 18.0 Å². The van der Waals surface area contributed by atoms with Crippen LogP contribution in [0.25, 0.3) is 0 Å². The van der Waals surface area contributed by atoms with Crippen molar-refractivity contribution in [2.45, 2.75) is 51.6 Å². The summed E-state index contributed by atoms with van der Waals surface area (Å²) < 4.78 is 40.1. The van der Waals surface area contributed by atoms with Crippen molar-refractivity contribution in [1.29, 1.82) is 0 Å². The van der Waals surface area contributed by atoms with Crippen LogP contribution in [0.2, 0.25) is 0 Å². The molecule has 0 aliphatic carbocycles. The number of benzene rings is 3. The third-order valence-electron chi connectivity index (χ3n) is 6.95. The number of methoxy groups -OCH3 is 2. The first-order chi connectivity index (χ1) is 19.5. The normalized spacial score (nSPS) is 11.9. The molecule has 0 aliphatic heterocycles. The Balaban J connectivity index is 2.15. The number of amides is 2. The highest BCUT2D eigenvalue weighted by Gasteiger charge is 2.34. The molecule has 41 heavy (non-hydrogen) atoms. The Kier molecular flexibility index (Phi) is 10.4. The number of hydrogen-bond donors (Lipinski definition) is 1. The number of likely N-dealkylation sites (N-methyl/N-ethyl adjacent to an activating group) is 1. The van der Waals surface area contributed by atoms with Gasteiger partial charge in [0.15, 0.2) is 11.5 Å². The average Bonchev–Trinajstić information content (AvgIpc) is 2.95. The Bertz CT molecular complexity index is 1490. The second-order valence-corrected chi connectivity index (χ2v) is 11.7. The molecule has 220 valence electrons. The first-order valence-electron chi connectivity index (χ1n) is 13.3. The zero-order valence-corrected chi connectivity index (χ0v) is 25.5. The Morgan fingerprint density at radius 3 is 2.10 bits per heavy atom. The van der Waals surface area contributed by atoms with E-state index in [0.29, 0.717) is 17.9 Å². The summed E-state index contributed by atoms with van der Waals surface area (Å²) in [5.41, 5.74) is 3.85. The summed E-state index contributed by atoms with van der Waals surface area (Å²) in [7, 11) is 0.143. The van der Waals surface area contributed by atoms with Crippen LogP contribution < -0.4 is 19.1 Å². The van der Waals surface area contributed by atoms with Gasteiger partial charge in [-0.25, -0.2) is 8.42 Å². The van der Waals surface area contributed by atoms with Crippen molar-refractivity contribution in [2.75, 3.05) is 32.1 Å². The van der Waals surface area contributed by atoms with Gasteiger partial charge in [-0.1, -0.05) is 37.3 Å². The second-order valence-electron chi connectivity index (χ2n) is 9.86. The SMILES string of the molecule is CC[C@H](C(=O)NC)N(Cc1ccccc1C)C(=O)CN(c1cc(C)cc(C)c1)S(=O)(=O)c1ccc(OC)c(OC)c1. The number of carbonyl (C=O) groups excluding carboxylic acids is 2. The van der Waals surface area contributed by atoms with Gasteiger partial charge in [-0.2, -0.15) is 0 Å². The van der Waals surface area contributed by atoms with Crippen molar-refractivity contribution in [3.05, 3.63) is 82.9 Å². The Labute approximate surface area is 243 Å². The molecule has 0 spiro atoms. The molecule has 0 heterocycles. The topological polar surface area (TPSA) is 105 Å². The number of hydrogen-bond acceptors (Lipinski definition) is 6. The molecule has 1 N–H and O–H groups in total. The number of ether oxygens (including phenoxy) is 2. The van der Waals surface area contributed by atoms with Crippen molar-refractivity contribution < 1.29 is 27.5 Å². The van der Waals surface area contributed by atoms with Crippen LogP contribution >= 0.6 is 0 Å². The number of aryl methyl sites for hydroxylation is 3. The van der Waals surface area contributed by atoms with Gasteiger partial charge in [-0.05, 0) is 73.7 Å². The van der Waals surface area contributed by atoms with Crippen molar-refractivity contribution in [3.8, 4) is 11.5 Å². The van der Waals surface area contributed by atoms with Crippen LogP contribution in [0.15, 0.2) is 65.6 Å². The van der Waals surface area contributed by atoms with E-state index in [-0.39, 0.29) is 23.1 Å². The van der Waals surface area contributed by atoms with E-state index in [4.69, 9.17) is 9.47 Å². The smallest absolute Gasteiger partial charge is 0.264 e. The van der Waals surface area contributed by atoms with Gasteiger partial charge < -0.3 is 19.7 Å². The first-order valence-corrected chi connectivity index (χ1v) is 14.8. The number of nitrogens with one attached hydrogen (secondary N) is 1. The molecule has 0 saturated carbocycles. The molecule has 1 atom stereocenters. The van der Waals surface area contributed by atoms with Gasteiger partial charge in [-0.15, -0.1) is 0 Å². The Morgan fingerprint density at radius 1 is 0.902 bits per heavy atom. The molecular formula is C31H39N3O6S. The van der Waals surface area contributed by atoms with Crippen LogP contribution in [0, 0.1) is 20.8 Å². The summed E-state index contributed by atoms with van der Waals surface area (Å²) >= 11 is 0. The molecule has 0 aliphatic rings. The lowest BCUT2D eigenvalue weighted by Crippen LogP contribution is -2.51. The molecule has 3 aromatic rings. The number of carbonyl (C=O) groups is 2. The molecule has 3 rings (SSSR count). The van der Waals surface area contributed by atoms with E-state index in [1.165, 1.54) is 44.4 Å². The predicted molar refractivity (Wildman–Crippen MR) is 160 cm³/mol. The van der Waals surface area contributed by atoms with E-state index < -0.39 is 28.5 Å². The minimum absolute atomic E-state index is 0.0640. The summed E-state index contributed by atoms with van der Waals surface area (Å²) in [5, 5.41) is 2.64. The molecule has 0 unspecified atom stereocenters. The molecule has 10 heteroatoms. The highest BCUT2D eigenvalue weighted by Crippen LogP contribution is 2.33. The van der Waals surface area contributed by atoms with Gasteiger partial charge in [0.1, 0.15) is 12.6 Å². The summed E-state index contributed by atoms with van der Waals surface area (Å²) in [6, 6.07) is 16.5. The summed E-state index contributed by atoms with van der Waals surface area (Å²) in [5.74, 6) is -0.213. The lowest BCUT2D eigenvalue weighted by Gasteiger charge is -2.33. The zero-order valence-electron chi connectivity index (χ0n) is 24.7. The largest absolute Gasteiger partial charge is 0.493 e. The lowest BCUT2D eigenvalue weighted by molar-refractivity contribution is -0.140. The van der Waals surface area contributed by atoms with Crippen molar-refractivity contribution >= 4 is 27.5 Å². The third-order valence-corrected chi connectivity index (χ3v) is 8.72. The van der Waals surface area contributed by atoms with E-state index >= 15 is 0 Å². The molecule has 0 fully saturated rings. The van der Waals surface area contributed by atoms with Crippen LogP contribution in [-0.4, -0.2) is 59.0 Å². The maximum atomic E-state index is 14.2. The maximum Gasteiger partial charge on any atom is 0.264 e.